The number of hydrogen-bond acceptors (Lipinski definition) is 3. The summed E-state index contributed by atoms with van der Waals surface area (Å²) in [5, 5.41) is 0. The first-order valence-electron chi connectivity index (χ1n) is 8.81. The molecule has 0 fully saturated rings. The molecule has 0 amide bonds. The number of halogens is 1. The van der Waals surface area contributed by atoms with Crippen molar-refractivity contribution in [1.82, 2.24) is 4.98 Å². The zero-order chi connectivity index (χ0) is 18.7. The van der Waals surface area contributed by atoms with Crippen molar-refractivity contribution in [2.45, 2.75) is 33.6 Å². The third-order valence-corrected chi connectivity index (χ3v) is 5.50. The van der Waals surface area contributed by atoms with Gasteiger partial charge in [-0.2, -0.15) is 0 Å². The lowest BCUT2D eigenvalue weighted by atomic mass is 9.97. The first-order chi connectivity index (χ1) is 12.5. The molecule has 1 aliphatic rings. The van der Waals surface area contributed by atoms with Crippen molar-refractivity contribution in [3.8, 4) is 11.5 Å². The van der Waals surface area contributed by atoms with E-state index in [0.717, 1.165) is 45.6 Å². The summed E-state index contributed by atoms with van der Waals surface area (Å²) in [5.74, 6) is 1.82. The zero-order valence-corrected chi connectivity index (χ0v) is 17.3. The van der Waals surface area contributed by atoms with Gasteiger partial charge in [0.1, 0.15) is 18.1 Å². The van der Waals surface area contributed by atoms with Crippen molar-refractivity contribution in [1.29, 1.82) is 0 Å². The molecule has 0 saturated heterocycles. The molecule has 4 heteroatoms. The van der Waals surface area contributed by atoms with Gasteiger partial charge < -0.3 is 9.47 Å². The highest BCUT2D eigenvalue weighted by Gasteiger charge is 2.17. The Bertz CT molecular complexity index is 884. The van der Waals surface area contributed by atoms with E-state index in [1.165, 1.54) is 16.7 Å². The van der Waals surface area contributed by atoms with Crippen LogP contribution in [-0.2, 0) is 6.42 Å². The number of ether oxygens (including phenoxy) is 2. The number of benzene rings is 1. The Morgan fingerprint density at radius 3 is 2.85 bits per heavy atom. The summed E-state index contributed by atoms with van der Waals surface area (Å²) in [6, 6.07) is 4.17. The van der Waals surface area contributed by atoms with Crippen molar-refractivity contribution in [2.75, 3.05) is 13.7 Å². The van der Waals surface area contributed by atoms with Crippen LogP contribution in [0.3, 0.4) is 0 Å². The highest BCUT2D eigenvalue weighted by atomic mass is 79.9. The molecular formula is C22H24BrNO2. The fourth-order valence-electron chi connectivity index (χ4n) is 3.32. The van der Waals surface area contributed by atoms with E-state index >= 15 is 0 Å². The Hall–Kier alpha value is -2.07. The summed E-state index contributed by atoms with van der Waals surface area (Å²) >= 11 is 3.60. The number of aryl methyl sites for hydroxylation is 1. The van der Waals surface area contributed by atoms with Crippen LogP contribution in [0.25, 0.3) is 11.6 Å². The average molecular weight is 414 g/mol. The van der Waals surface area contributed by atoms with Gasteiger partial charge in [-0.15, -0.1) is 0 Å². The van der Waals surface area contributed by atoms with Crippen LogP contribution in [0.1, 0.15) is 41.3 Å². The number of rotatable bonds is 5. The molecule has 26 heavy (non-hydrogen) atoms. The van der Waals surface area contributed by atoms with Gasteiger partial charge in [0.2, 0.25) is 0 Å². The minimum Gasteiger partial charge on any atom is -0.496 e. The molecule has 0 N–H and O–H groups in total. The molecule has 0 spiro atoms. The monoisotopic (exact) mass is 413 g/mol. The van der Waals surface area contributed by atoms with E-state index < -0.39 is 0 Å². The maximum atomic E-state index is 5.85. The standard InChI is InChI=1S/C22H24BrNO2/c1-14-9-10-20(25-4)16(3)17(14)7-5-6-8-18-19(23)13-24-21-15(2)11-12-26-22(18)21/h6,8-11,13H,5,7,12H2,1-4H3/b8-6+. The molecule has 0 unspecified atom stereocenters. The fourth-order valence-corrected chi connectivity index (χ4v) is 3.73. The predicted octanol–water partition coefficient (Wildman–Crippen LogP) is 5.91. The number of hydrogen-bond donors (Lipinski definition) is 0. The third kappa shape index (κ3) is 3.70. The maximum absolute atomic E-state index is 5.85. The molecular weight excluding hydrogens is 390 g/mol. The van der Waals surface area contributed by atoms with Gasteiger partial charge in [0.05, 0.1) is 7.11 Å². The lowest BCUT2D eigenvalue weighted by molar-refractivity contribution is 0.354. The average Bonchev–Trinajstić information content (AvgIpc) is 2.62. The number of nitrogens with zero attached hydrogens (tertiary/aromatic N) is 1. The van der Waals surface area contributed by atoms with Gasteiger partial charge >= 0.3 is 0 Å². The van der Waals surface area contributed by atoms with Crippen molar-refractivity contribution in [2.24, 2.45) is 0 Å². The Labute approximate surface area is 163 Å². The number of pyridine rings is 1. The van der Waals surface area contributed by atoms with E-state index in [1.807, 2.05) is 12.3 Å². The Balaban J connectivity index is 1.79. The first kappa shape index (κ1) is 18.7. The molecule has 0 atom stereocenters. The van der Waals surface area contributed by atoms with Gasteiger partial charge in [0.15, 0.2) is 5.75 Å². The smallest absolute Gasteiger partial charge is 0.154 e. The minimum absolute atomic E-state index is 0.597. The molecule has 136 valence electrons. The molecule has 0 aliphatic carbocycles. The van der Waals surface area contributed by atoms with Crippen LogP contribution in [0.2, 0.25) is 0 Å². The molecule has 3 nitrogen and oxygen atoms in total. The Morgan fingerprint density at radius 1 is 1.27 bits per heavy atom. The van der Waals surface area contributed by atoms with Crippen LogP contribution in [0.4, 0.5) is 0 Å². The third-order valence-electron chi connectivity index (χ3n) is 4.86. The number of methoxy groups -OCH3 is 1. The summed E-state index contributed by atoms with van der Waals surface area (Å²) in [4.78, 5) is 4.49. The quantitative estimate of drug-likeness (QED) is 0.610. The normalized spacial score (nSPS) is 13.3. The van der Waals surface area contributed by atoms with Crippen LogP contribution in [0.15, 0.2) is 35.0 Å². The van der Waals surface area contributed by atoms with Crippen molar-refractivity contribution in [3.63, 3.8) is 0 Å². The molecule has 1 aromatic carbocycles. The van der Waals surface area contributed by atoms with Crippen molar-refractivity contribution < 1.29 is 9.47 Å². The molecule has 3 rings (SSSR count). The van der Waals surface area contributed by atoms with Gasteiger partial charge in [0, 0.05) is 16.2 Å². The van der Waals surface area contributed by atoms with Crippen molar-refractivity contribution in [3.05, 3.63) is 62.9 Å². The summed E-state index contributed by atoms with van der Waals surface area (Å²) in [6.07, 6.45) is 10.2. The molecule has 1 aliphatic heterocycles. The SMILES string of the molecule is COc1ccc(C)c(CC/C=C/c2c(Br)cnc3c2OCC=C3C)c1C. The Morgan fingerprint density at radius 2 is 2.08 bits per heavy atom. The van der Waals surface area contributed by atoms with Gasteiger partial charge in [-0.3, -0.25) is 4.98 Å². The van der Waals surface area contributed by atoms with Crippen LogP contribution in [0, 0.1) is 13.8 Å². The van der Waals surface area contributed by atoms with Crippen LogP contribution in [-0.4, -0.2) is 18.7 Å². The second-order valence-electron chi connectivity index (χ2n) is 6.53. The van der Waals surface area contributed by atoms with Gasteiger partial charge in [-0.1, -0.05) is 18.2 Å². The van der Waals surface area contributed by atoms with Gasteiger partial charge in [-0.05, 0) is 83.9 Å². The van der Waals surface area contributed by atoms with Gasteiger partial charge in [0.25, 0.3) is 0 Å². The molecule has 0 saturated carbocycles. The van der Waals surface area contributed by atoms with Crippen LogP contribution < -0.4 is 9.47 Å². The minimum atomic E-state index is 0.597. The second kappa shape index (κ2) is 8.09. The van der Waals surface area contributed by atoms with E-state index in [9.17, 15) is 0 Å². The highest BCUT2D eigenvalue weighted by molar-refractivity contribution is 9.10. The lowest BCUT2D eigenvalue weighted by Gasteiger charge is -2.18. The molecule has 2 heterocycles. The number of fused-ring (bicyclic) bond motifs is 1. The van der Waals surface area contributed by atoms with Crippen LogP contribution >= 0.6 is 15.9 Å². The lowest BCUT2D eigenvalue weighted by Crippen LogP contribution is -2.07. The zero-order valence-electron chi connectivity index (χ0n) is 15.7. The highest BCUT2D eigenvalue weighted by Crippen LogP contribution is 2.36. The largest absolute Gasteiger partial charge is 0.496 e. The summed E-state index contributed by atoms with van der Waals surface area (Å²) in [5.41, 5.74) is 7.05. The topological polar surface area (TPSA) is 31.4 Å². The first-order valence-corrected chi connectivity index (χ1v) is 9.60. The fraction of sp³-hybridized carbons (Fsp3) is 0.318. The van der Waals surface area contributed by atoms with E-state index in [0.29, 0.717) is 6.61 Å². The number of aromatic nitrogens is 1. The molecule has 0 bridgehead atoms. The van der Waals surface area contributed by atoms with E-state index in [2.05, 4.69) is 66.0 Å². The summed E-state index contributed by atoms with van der Waals surface area (Å²) in [7, 11) is 1.72. The number of allylic oxidation sites excluding steroid dienone is 2. The maximum Gasteiger partial charge on any atom is 0.154 e. The summed E-state index contributed by atoms with van der Waals surface area (Å²) in [6.45, 7) is 6.96. The second-order valence-corrected chi connectivity index (χ2v) is 7.38. The Kier molecular flexibility index (Phi) is 5.82. The molecule has 1 aromatic heterocycles. The van der Waals surface area contributed by atoms with E-state index in [1.54, 1.807) is 7.11 Å². The molecule has 0 radical (unpaired) electrons. The van der Waals surface area contributed by atoms with Crippen molar-refractivity contribution >= 4 is 27.6 Å². The summed E-state index contributed by atoms with van der Waals surface area (Å²) < 4.78 is 12.3. The predicted molar refractivity (Wildman–Crippen MR) is 111 cm³/mol. The van der Waals surface area contributed by atoms with E-state index in [4.69, 9.17) is 9.47 Å². The molecule has 2 aromatic rings. The van der Waals surface area contributed by atoms with Gasteiger partial charge in [-0.25, -0.2) is 0 Å². The van der Waals surface area contributed by atoms with Crippen LogP contribution in [0.5, 0.6) is 11.5 Å². The van der Waals surface area contributed by atoms with E-state index in [-0.39, 0.29) is 0 Å².